The Labute approximate surface area is 110 Å². The number of hydrazine groups is 1. The van der Waals surface area contributed by atoms with Gasteiger partial charge < -0.3 is 4.74 Å². The number of nitrogens with one attached hydrogen (secondary N) is 1. The molecule has 0 aliphatic carbocycles. The Hall–Kier alpha value is -1.11. The molecule has 1 rings (SSSR count). The minimum atomic E-state index is -4.31. The molecule has 6 heteroatoms. The summed E-state index contributed by atoms with van der Waals surface area (Å²) in [6.45, 7) is 2.59. The van der Waals surface area contributed by atoms with Crippen LogP contribution in [0.3, 0.4) is 0 Å². The average Bonchev–Trinajstić information content (AvgIpc) is 2.30. The van der Waals surface area contributed by atoms with Crippen LogP contribution in [0.5, 0.6) is 0 Å². The van der Waals surface area contributed by atoms with E-state index in [1.807, 2.05) is 32.0 Å². The van der Waals surface area contributed by atoms with E-state index in [4.69, 9.17) is 5.84 Å². The van der Waals surface area contributed by atoms with Crippen molar-refractivity contribution in [1.29, 1.82) is 0 Å². The minimum absolute atomic E-state index is 0.0800. The number of alkyl halides is 3. The highest BCUT2D eigenvalue weighted by Gasteiger charge is 2.27. The van der Waals surface area contributed by atoms with E-state index in [0.717, 1.165) is 16.7 Å². The number of halogens is 3. The molecular weight excluding hydrogens is 257 g/mol. The van der Waals surface area contributed by atoms with Crippen LogP contribution < -0.4 is 11.3 Å². The van der Waals surface area contributed by atoms with Crippen LogP contribution in [0.15, 0.2) is 18.2 Å². The van der Waals surface area contributed by atoms with E-state index in [1.165, 1.54) is 0 Å². The highest BCUT2D eigenvalue weighted by Crippen LogP contribution is 2.16. The summed E-state index contributed by atoms with van der Waals surface area (Å²) in [6.07, 6.45) is -3.78. The Kier molecular flexibility index (Phi) is 5.78. The third kappa shape index (κ3) is 6.04. The monoisotopic (exact) mass is 276 g/mol. The first kappa shape index (κ1) is 15.9. The molecule has 0 aromatic heterocycles. The Bertz CT molecular complexity index is 407. The third-order valence-corrected chi connectivity index (χ3v) is 2.79. The SMILES string of the molecule is Cc1ccc(C)c(CC(COCC(F)(F)F)NN)c1. The normalized spacial score (nSPS) is 13.6. The van der Waals surface area contributed by atoms with Crippen LogP contribution in [-0.4, -0.2) is 25.4 Å². The van der Waals surface area contributed by atoms with Crippen molar-refractivity contribution in [3.05, 3.63) is 34.9 Å². The highest BCUT2D eigenvalue weighted by molar-refractivity contribution is 5.31. The maximum absolute atomic E-state index is 12.0. The van der Waals surface area contributed by atoms with Gasteiger partial charge in [-0.3, -0.25) is 11.3 Å². The molecule has 3 nitrogen and oxygen atoms in total. The lowest BCUT2D eigenvalue weighted by Gasteiger charge is -2.18. The number of nitrogens with two attached hydrogens (primary N) is 1. The molecule has 0 aliphatic rings. The van der Waals surface area contributed by atoms with Crippen LogP contribution in [0.1, 0.15) is 16.7 Å². The molecule has 0 heterocycles. The van der Waals surface area contributed by atoms with Gasteiger partial charge in [-0.1, -0.05) is 23.8 Å². The topological polar surface area (TPSA) is 47.3 Å². The molecule has 1 aromatic rings. The van der Waals surface area contributed by atoms with Crippen molar-refractivity contribution in [2.24, 2.45) is 5.84 Å². The number of rotatable bonds is 6. The number of hydrogen-bond donors (Lipinski definition) is 2. The molecule has 0 aliphatic heterocycles. The number of benzene rings is 1. The van der Waals surface area contributed by atoms with Gasteiger partial charge in [-0.2, -0.15) is 13.2 Å². The van der Waals surface area contributed by atoms with Crippen LogP contribution in [-0.2, 0) is 11.2 Å². The Morgan fingerprint density at radius 2 is 2.00 bits per heavy atom. The second-order valence-electron chi connectivity index (χ2n) is 4.63. The van der Waals surface area contributed by atoms with Gasteiger partial charge in [-0.25, -0.2) is 0 Å². The lowest BCUT2D eigenvalue weighted by molar-refractivity contribution is -0.175. The van der Waals surface area contributed by atoms with Gasteiger partial charge in [-0.05, 0) is 31.4 Å². The average molecular weight is 276 g/mol. The molecule has 0 spiro atoms. The van der Waals surface area contributed by atoms with Crippen molar-refractivity contribution in [1.82, 2.24) is 5.43 Å². The van der Waals surface area contributed by atoms with Crippen LogP contribution in [0.4, 0.5) is 13.2 Å². The van der Waals surface area contributed by atoms with E-state index in [-0.39, 0.29) is 12.6 Å². The summed E-state index contributed by atoms with van der Waals surface area (Å²) in [6, 6.07) is 5.63. The zero-order valence-electron chi connectivity index (χ0n) is 11.1. The predicted molar refractivity (Wildman–Crippen MR) is 67.6 cm³/mol. The number of aryl methyl sites for hydroxylation is 2. The molecule has 19 heavy (non-hydrogen) atoms. The largest absolute Gasteiger partial charge is 0.411 e. The summed E-state index contributed by atoms with van der Waals surface area (Å²) in [5.74, 6) is 5.35. The van der Waals surface area contributed by atoms with Gasteiger partial charge in [0.15, 0.2) is 0 Å². The van der Waals surface area contributed by atoms with Crippen LogP contribution >= 0.6 is 0 Å². The molecule has 0 bridgehead atoms. The molecule has 0 saturated heterocycles. The second kappa shape index (κ2) is 6.88. The zero-order chi connectivity index (χ0) is 14.5. The summed E-state index contributed by atoms with van der Waals surface area (Å²) < 4.78 is 40.6. The Morgan fingerprint density at radius 3 is 2.58 bits per heavy atom. The van der Waals surface area contributed by atoms with Crippen molar-refractivity contribution in [3.63, 3.8) is 0 Å². The minimum Gasteiger partial charge on any atom is -0.370 e. The summed E-state index contributed by atoms with van der Waals surface area (Å²) in [7, 11) is 0. The van der Waals surface area contributed by atoms with Gasteiger partial charge in [-0.15, -0.1) is 0 Å². The van der Waals surface area contributed by atoms with E-state index in [2.05, 4.69) is 10.2 Å². The van der Waals surface area contributed by atoms with Gasteiger partial charge in [0.05, 0.1) is 6.61 Å². The summed E-state index contributed by atoms with van der Waals surface area (Å²) in [4.78, 5) is 0. The van der Waals surface area contributed by atoms with E-state index in [9.17, 15) is 13.2 Å². The molecule has 0 fully saturated rings. The summed E-state index contributed by atoms with van der Waals surface area (Å²) in [5.41, 5.74) is 5.73. The van der Waals surface area contributed by atoms with Gasteiger partial charge in [0.25, 0.3) is 0 Å². The van der Waals surface area contributed by atoms with E-state index >= 15 is 0 Å². The molecule has 108 valence electrons. The maximum Gasteiger partial charge on any atom is 0.411 e. The van der Waals surface area contributed by atoms with Crippen LogP contribution in [0, 0.1) is 13.8 Å². The second-order valence-corrected chi connectivity index (χ2v) is 4.63. The molecule has 0 saturated carbocycles. The van der Waals surface area contributed by atoms with Crippen molar-refractivity contribution in [2.45, 2.75) is 32.5 Å². The molecule has 3 N–H and O–H groups in total. The van der Waals surface area contributed by atoms with Gasteiger partial charge in [0.1, 0.15) is 6.61 Å². The lowest BCUT2D eigenvalue weighted by atomic mass is 9.99. The first-order valence-corrected chi connectivity index (χ1v) is 5.98. The van der Waals surface area contributed by atoms with Gasteiger partial charge in [0.2, 0.25) is 0 Å². The van der Waals surface area contributed by atoms with Crippen LogP contribution in [0.25, 0.3) is 0 Å². The quantitative estimate of drug-likeness (QED) is 0.619. The smallest absolute Gasteiger partial charge is 0.370 e. The first-order valence-electron chi connectivity index (χ1n) is 5.98. The Balaban J connectivity index is 2.54. The van der Waals surface area contributed by atoms with Crippen molar-refractivity contribution >= 4 is 0 Å². The molecule has 1 atom stereocenters. The number of ether oxygens (including phenoxy) is 1. The fourth-order valence-electron chi connectivity index (χ4n) is 1.77. The lowest BCUT2D eigenvalue weighted by Crippen LogP contribution is -2.41. The summed E-state index contributed by atoms with van der Waals surface area (Å²) >= 11 is 0. The van der Waals surface area contributed by atoms with Gasteiger partial charge >= 0.3 is 6.18 Å². The van der Waals surface area contributed by atoms with Crippen molar-refractivity contribution in [2.75, 3.05) is 13.2 Å². The molecule has 0 radical (unpaired) electrons. The summed E-state index contributed by atoms with van der Waals surface area (Å²) in [5, 5.41) is 0. The Morgan fingerprint density at radius 1 is 1.32 bits per heavy atom. The molecule has 0 amide bonds. The molecular formula is C13H19F3N2O. The van der Waals surface area contributed by atoms with Crippen molar-refractivity contribution < 1.29 is 17.9 Å². The first-order chi connectivity index (χ1) is 8.81. The highest BCUT2D eigenvalue weighted by atomic mass is 19.4. The predicted octanol–water partition coefficient (Wildman–Crippen LogP) is 2.26. The van der Waals surface area contributed by atoms with E-state index < -0.39 is 12.8 Å². The van der Waals surface area contributed by atoms with E-state index in [1.54, 1.807) is 0 Å². The maximum atomic E-state index is 12.0. The fourth-order valence-corrected chi connectivity index (χ4v) is 1.77. The third-order valence-electron chi connectivity index (χ3n) is 2.79. The van der Waals surface area contributed by atoms with Crippen molar-refractivity contribution in [3.8, 4) is 0 Å². The number of hydrogen-bond acceptors (Lipinski definition) is 3. The zero-order valence-corrected chi connectivity index (χ0v) is 11.1. The van der Waals surface area contributed by atoms with Gasteiger partial charge in [0, 0.05) is 6.04 Å². The molecule has 1 aromatic carbocycles. The molecule has 1 unspecified atom stereocenters. The van der Waals surface area contributed by atoms with E-state index in [0.29, 0.717) is 6.42 Å². The standard InChI is InChI=1S/C13H19F3N2O/c1-9-3-4-10(2)11(5-9)6-12(18-17)7-19-8-13(14,15)16/h3-5,12,18H,6-8,17H2,1-2H3. The fraction of sp³-hybridized carbons (Fsp3) is 0.538. The van der Waals surface area contributed by atoms with Crippen LogP contribution in [0.2, 0.25) is 0 Å².